The van der Waals surface area contributed by atoms with E-state index in [0.717, 1.165) is 39.1 Å². The van der Waals surface area contributed by atoms with Crippen LogP contribution < -0.4 is 19.7 Å². The minimum absolute atomic E-state index is 0.000598. The predicted octanol–water partition coefficient (Wildman–Crippen LogP) is 7.42. The van der Waals surface area contributed by atoms with Crippen molar-refractivity contribution in [2.45, 2.75) is 43.7 Å². The van der Waals surface area contributed by atoms with Gasteiger partial charge in [0, 0.05) is 34.8 Å². The van der Waals surface area contributed by atoms with Crippen molar-refractivity contribution in [1.29, 1.82) is 0 Å². The van der Waals surface area contributed by atoms with Gasteiger partial charge in [-0.2, -0.15) is 0 Å². The first-order valence-corrected chi connectivity index (χ1v) is 19.6. The minimum atomic E-state index is -2.34. The number of carbonyl (C=O) groups excluding carboxylic acids is 2. The molecule has 0 saturated carbocycles. The first kappa shape index (κ1) is 30.6. The number of hydrogen-bond donors (Lipinski definition) is 1. The van der Waals surface area contributed by atoms with Crippen molar-refractivity contribution < 1.29 is 24.2 Å². The molecule has 7 nitrogen and oxygen atoms in total. The van der Waals surface area contributed by atoms with Gasteiger partial charge in [0.05, 0.1) is 38.2 Å². The van der Waals surface area contributed by atoms with Gasteiger partial charge in [-0.25, -0.2) is 0 Å². The second kappa shape index (κ2) is 11.2. The maximum atomic E-state index is 15.1. The first-order chi connectivity index (χ1) is 23.2. The summed E-state index contributed by atoms with van der Waals surface area (Å²) in [6, 6.07) is 35.6. The van der Waals surface area contributed by atoms with Gasteiger partial charge in [-0.1, -0.05) is 79.8 Å². The van der Waals surface area contributed by atoms with Gasteiger partial charge < -0.3 is 14.6 Å². The predicted molar refractivity (Wildman–Crippen MR) is 192 cm³/mol. The molecule has 8 heteroatoms. The first-order valence-electron chi connectivity index (χ1n) is 16.6. The number of para-hydroxylation sites is 1. The SMILES string of the molecule is COc1ccc([Si](C)(C)[C@@H]2[C@@H](CCO)O[C@]3(C(=O)N(c4ccccc4)c4ccc(N5C(=O)c6cccc7cccc5c67)cc43)[C@H]2C)cc1. The second-order valence-electron chi connectivity index (χ2n) is 13.7. The Labute approximate surface area is 281 Å². The van der Waals surface area contributed by atoms with Crippen LogP contribution in [0.5, 0.6) is 5.75 Å². The number of anilines is 4. The monoisotopic (exact) mass is 654 g/mol. The van der Waals surface area contributed by atoms with E-state index in [0.29, 0.717) is 17.7 Å². The van der Waals surface area contributed by atoms with E-state index in [9.17, 15) is 9.90 Å². The average Bonchev–Trinajstić information content (AvgIpc) is 3.66. The van der Waals surface area contributed by atoms with Crippen LogP contribution in [-0.4, -0.2) is 44.8 Å². The Morgan fingerprint density at radius 2 is 1.56 bits per heavy atom. The molecular formula is C40H38N2O5Si. The van der Waals surface area contributed by atoms with Gasteiger partial charge in [0.15, 0.2) is 5.60 Å². The fraction of sp³-hybridized carbons (Fsp3) is 0.250. The van der Waals surface area contributed by atoms with E-state index >= 15 is 4.79 Å². The van der Waals surface area contributed by atoms with Crippen LogP contribution in [0, 0.1) is 5.92 Å². The standard InChI is InChI=1S/C40H38N2O5Si/c1-25-37(48(3,4)30-19-17-29(46-2)18-20-30)35(22-23-43)47-40(25)32-24-28(16-21-33(32)42(39(40)45)27-12-6-5-7-13-27)41-34-15-9-11-26-10-8-14-31(36(26)34)38(41)44/h5-21,24-25,35,37,43H,22-23H2,1-4H3/t25-,35+,37-,40+/m0/s1. The van der Waals surface area contributed by atoms with E-state index in [2.05, 4.69) is 32.2 Å². The lowest BCUT2D eigenvalue weighted by Crippen LogP contribution is -2.51. The molecule has 1 N–H and O–H groups in total. The van der Waals surface area contributed by atoms with Gasteiger partial charge in [0.1, 0.15) is 5.75 Å². The topological polar surface area (TPSA) is 79.3 Å². The van der Waals surface area contributed by atoms with Crippen molar-refractivity contribution >= 4 is 58.6 Å². The summed E-state index contributed by atoms with van der Waals surface area (Å²) in [5.41, 5.74) is 3.13. The summed E-state index contributed by atoms with van der Waals surface area (Å²) >= 11 is 0. The molecule has 1 fully saturated rings. The van der Waals surface area contributed by atoms with Crippen LogP contribution in [0.15, 0.2) is 109 Å². The third-order valence-electron chi connectivity index (χ3n) is 11.0. The van der Waals surface area contributed by atoms with E-state index in [1.807, 2.05) is 97.1 Å². The molecule has 48 heavy (non-hydrogen) atoms. The Balaban J connectivity index is 1.31. The van der Waals surface area contributed by atoms with Crippen LogP contribution in [0.25, 0.3) is 10.8 Å². The van der Waals surface area contributed by atoms with E-state index in [1.54, 1.807) is 16.9 Å². The molecule has 5 aromatic rings. The number of ether oxygens (including phenoxy) is 2. The summed E-state index contributed by atoms with van der Waals surface area (Å²) in [4.78, 5) is 32.7. The zero-order chi connectivity index (χ0) is 33.4. The highest BCUT2D eigenvalue weighted by molar-refractivity contribution is 6.91. The molecule has 2 amide bonds. The Hall–Kier alpha value is -4.76. The number of carbonyl (C=O) groups is 2. The van der Waals surface area contributed by atoms with Gasteiger partial charge >= 0.3 is 0 Å². The minimum Gasteiger partial charge on any atom is -0.497 e. The summed E-state index contributed by atoms with van der Waals surface area (Å²) in [6.45, 7) is 6.75. The maximum Gasteiger partial charge on any atom is 0.268 e. The summed E-state index contributed by atoms with van der Waals surface area (Å²) in [5.74, 6) is 0.326. The summed E-state index contributed by atoms with van der Waals surface area (Å²) in [7, 11) is -0.681. The fourth-order valence-corrected chi connectivity index (χ4v) is 12.8. The molecule has 0 unspecified atom stereocenters. The number of amides is 2. The number of aliphatic hydroxyl groups is 1. The van der Waals surface area contributed by atoms with Gasteiger partial charge in [0.2, 0.25) is 0 Å². The summed E-state index contributed by atoms with van der Waals surface area (Å²) in [5, 5.41) is 13.5. The zero-order valence-corrected chi connectivity index (χ0v) is 28.5. The van der Waals surface area contributed by atoms with Crippen LogP contribution in [0.3, 0.4) is 0 Å². The number of rotatable bonds is 7. The Morgan fingerprint density at radius 1 is 0.833 bits per heavy atom. The van der Waals surface area contributed by atoms with Gasteiger partial charge in [-0.15, -0.1) is 0 Å². The van der Waals surface area contributed by atoms with Crippen LogP contribution in [0.1, 0.15) is 29.3 Å². The van der Waals surface area contributed by atoms with Gasteiger partial charge in [-0.05, 0) is 71.9 Å². The van der Waals surface area contributed by atoms with Crippen LogP contribution in [0.2, 0.25) is 18.6 Å². The molecule has 4 atom stereocenters. The Bertz CT molecular complexity index is 2080. The van der Waals surface area contributed by atoms with Crippen molar-refractivity contribution in [2.24, 2.45) is 5.92 Å². The van der Waals surface area contributed by atoms with Crippen molar-refractivity contribution in [1.82, 2.24) is 0 Å². The zero-order valence-electron chi connectivity index (χ0n) is 27.5. The normalized spacial score (nSPS) is 23.1. The van der Waals surface area contributed by atoms with Crippen molar-refractivity contribution in [3.63, 3.8) is 0 Å². The Kier molecular flexibility index (Phi) is 7.10. The molecule has 8 rings (SSSR count). The Morgan fingerprint density at radius 3 is 2.27 bits per heavy atom. The third kappa shape index (κ3) is 4.19. The average molecular weight is 655 g/mol. The lowest BCUT2D eigenvalue weighted by atomic mass is 9.82. The molecule has 0 radical (unpaired) electrons. The van der Waals surface area contributed by atoms with E-state index in [1.165, 1.54) is 5.19 Å². The van der Waals surface area contributed by atoms with Crippen molar-refractivity contribution in [2.75, 3.05) is 23.5 Å². The lowest BCUT2D eigenvalue weighted by Gasteiger charge is -2.37. The van der Waals surface area contributed by atoms with Crippen LogP contribution in [-0.2, 0) is 15.1 Å². The molecule has 0 bridgehead atoms. The fourth-order valence-electron chi connectivity index (χ4n) is 8.77. The smallest absolute Gasteiger partial charge is 0.268 e. The second-order valence-corrected chi connectivity index (χ2v) is 18.4. The number of nitrogens with zero attached hydrogens (tertiary/aromatic N) is 2. The van der Waals surface area contributed by atoms with E-state index in [4.69, 9.17) is 9.47 Å². The summed E-state index contributed by atoms with van der Waals surface area (Å²) < 4.78 is 12.6. The maximum absolute atomic E-state index is 15.1. The molecule has 0 aliphatic carbocycles. The quantitative estimate of drug-likeness (QED) is 0.185. The number of fused-ring (bicyclic) bond motifs is 2. The number of benzene rings is 5. The van der Waals surface area contributed by atoms with Gasteiger partial charge in [0.25, 0.3) is 11.8 Å². The third-order valence-corrected chi connectivity index (χ3v) is 15.3. The molecule has 0 aromatic heterocycles. The largest absolute Gasteiger partial charge is 0.497 e. The molecule has 5 aromatic carbocycles. The molecule has 1 saturated heterocycles. The molecular weight excluding hydrogens is 617 g/mol. The van der Waals surface area contributed by atoms with E-state index < -0.39 is 13.7 Å². The lowest BCUT2D eigenvalue weighted by molar-refractivity contribution is -0.145. The van der Waals surface area contributed by atoms with Crippen LogP contribution >= 0.6 is 0 Å². The highest BCUT2D eigenvalue weighted by atomic mass is 28.3. The molecule has 3 aliphatic heterocycles. The van der Waals surface area contributed by atoms with Gasteiger partial charge in [-0.3, -0.25) is 19.4 Å². The van der Waals surface area contributed by atoms with Crippen LogP contribution in [0.4, 0.5) is 22.7 Å². The molecule has 3 aliphatic rings. The van der Waals surface area contributed by atoms with Crippen molar-refractivity contribution in [3.05, 3.63) is 120 Å². The highest BCUT2D eigenvalue weighted by Gasteiger charge is 2.66. The number of aliphatic hydroxyl groups excluding tert-OH is 1. The molecule has 242 valence electrons. The highest BCUT2D eigenvalue weighted by Crippen LogP contribution is 2.61. The number of methoxy groups -OCH3 is 1. The van der Waals surface area contributed by atoms with E-state index in [-0.39, 0.29) is 36.0 Å². The molecule has 1 spiro atoms. The molecule has 3 heterocycles. The number of hydrogen-bond acceptors (Lipinski definition) is 5. The summed E-state index contributed by atoms with van der Waals surface area (Å²) in [6.07, 6.45) is 0.0650. The van der Waals surface area contributed by atoms with Crippen molar-refractivity contribution in [3.8, 4) is 5.75 Å².